The minimum absolute atomic E-state index is 0.00605. The lowest BCUT2D eigenvalue weighted by atomic mass is 10.1. The highest BCUT2D eigenvalue weighted by atomic mass is 16.5. The predicted octanol–water partition coefficient (Wildman–Crippen LogP) is 3.23. The fraction of sp³-hybridized carbons (Fsp3) is 0.364. The highest BCUT2D eigenvalue weighted by Crippen LogP contribution is 2.23. The first kappa shape index (κ1) is 19.9. The number of carbonyl (C=O) groups is 1. The largest absolute Gasteiger partial charge is 0.496 e. The van der Waals surface area contributed by atoms with Crippen molar-refractivity contribution in [1.82, 2.24) is 20.0 Å². The van der Waals surface area contributed by atoms with Gasteiger partial charge in [0.2, 0.25) is 11.7 Å². The van der Waals surface area contributed by atoms with Gasteiger partial charge in [-0.15, -0.1) is 0 Å². The minimum atomic E-state index is -0.00605. The van der Waals surface area contributed by atoms with E-state index in [9.17, 15) is 4.79 Å². The third-order valence-electron chi connectivity index (χ3n) is 5.17. The molecule has 8 nitrogen and oxygen atoms in total. The molecule has 0 saturated carbocycles. The molecule has 1 fully saturated rings. The zero-order valence-corrected chi connectivity index (χ0v) is 17.4. The molecule has 1 aliphatic rings. The molecule has 156 valence electrons. The van der Waals surface area contributed by atoms with Crippen LogP contribution in [-0.2, 0) is 0 Å². The molecule has 30 heavy (non-hydrogen) atoms. The molecule has 0 unspecified atom stereocenters. The van der Waals surface area contributed by atoms with Gasteiger partial charge in [0.1, 0.15) is 11.6 Å². The number of hydrogen-bond donors (Lipinski definition) is 0. The lowest BCUT2D eigenvalue weighted by Gasteiger charge is -2.35. The summed E-state index contributed by atoms with van der Waals surface area (Å²) in [5, 5.41) is 4.03. The van der Waals surface area contributed by atoms with Crippen molar-refractivity contribution in [3.05, 3.63) is 54.0 Å². The highest BCUT2D eigenvalue weighted by molar-refractivity contribution is 5.97. The summed E-state index contributed by atoms with van der Waals surface area (Å²) in [5.74, 6) is 2.82. The number of methoxy groups -OCH3 is 1. The number of para-hydroxylation sites is 1. The van der Waals surface area contributed by atoms with E-state index >= 15 is 0 Å². The van der Waals surface area contributed by atoms with Crippen LogP contribution in [0.15, 0.2) is 47.1 Å². The first-order chi connectivity index (χ1) is 14.6. The van der Waals surface area contributed by atoms with Crippen LogP contribution in [0.4, 0.5) is 5.82 Å². The Balaban J connectivity index is 1.39. The number of aromatic nitrogens is 3. The third kappa shape index (κ3) is 3.98. The first-order valence-corrected chi connectivity index (χ1v) is 10.0. The van der Waals surface area contributed by atoms with E-state index < -0.39 is 0 Å². The molecule has 2 aromatic heterocycles. The van der Waals surface area contributed by atoms with Gasteiger partial charge in [-0.25, -0.2) is 4.98 Å². The second kappa shape index (κ2) is 8.52. The predicted molar refractivity (Wildman–Crippen MR) is 113 cm³/mol. The van der Waals surface area contributed by atoms with Crippen molar-refractivity contribution in [3.8, 4) is 17.1 Å². The number of piperazine rings is 1. The van der Waals surface area contributed by atoms with Gasteiger partial charge in [0.15, 0.2) is 0 Å². The summed E-state index contributed by atoms with van der Waals surface area (Å²) in [6.07, 6.45) is 1.76. The molecule has 8 heteroatoms. The second-order valence-electron chi connectivity index (χ2n) is 7.50. The molecule has 0 N–H and O–H groups in total. The Kier molecular flexibility index (Phi) is 5.65. The van der Waals surface area contributed by atoms with E-state index in [4.69, 9.17) is 9.26 Å². The molecular weight excluding hydrogens is 382 g/mol. The summed E-state index contributed by atoms with van der Waals surface area (Å²) in [7, 11) is 1.58. The van der Waals surface area contributed by atoms with Crippen LogP contribution in [-0.4, -0.2) is 59.2 Å². The van der Waals surface area contributed by atoms with E-state index in [1.165, 1.54) is 0 Å². The molecule has 1 amide bonds. The van der Waals surface area contributed by atoms with Gasteiger partial charge in [0, 0.05) is 43.9 Å². The standard InChI is InChI=1S/C22H25N5O3/c1-15(2)21-24-20(25-30-21)16-8-9-19(23-14-16)26-10-12-27(13-11-26)22(28)17-6-4-5-7-18(17)29-3/h4-9,14-15H,10-13H2,1-3H3. The van der Waals surface area contributed by atoms with Gasteiger partial charge in [0.05, 0.1) is 12.7 Å². The van der Waals surface area contributed by atoms with Crippen LogP contribution in [0.2, 0.25) is 0 Å². The number of rotatable bonds is 5. The van der Waals surface area contributed by atoms with Crippen LogP contribution < -0.4 is 9.64 Å². The van der Waals surface area contributed by atoms with Crippen LogP contribution in [0.25, 0.3) is 11.4 Å². The Bertz CT molecular complexity index is 1010. The zero-order chi connectivity index (χ0) is 21.1. The molecule has 0 aliphatic carbocycles. The molecule has 4 rings (SSSR count). The van der Waals surface area contributed by atoms with Gasteiger partial charge in [-0.2, -0.15) is 4.98 Å². The van der Waals surface area contributed by atoms with Crippen LogP contribution in [0.1, 0.15) is 36.0 Å². The molecular formula is C22H25N5O3. The molecule has 1 aliphatic heterocycles. The van der Waals surface area contributed by atoms with E-state index in [2.05, 4.69) is 20.0 Å². The summed E-state index contributed by atoms with van der Waals surface area (Å²) in [4.78, 5) is 25.9. The van der Waals surface area contributed by atoms with Crippen LogP contribution in [0.5, 0.6) is 5.75 Å². The maximum absolute atomic E-state index is 12.9. The van der Waals surface area contributed by atoms with Gasteiger partial charge in [-0.1, -0.05) is 31.1 Å². The first-order valence-electron chi connectivity index (χ1n) is 10.0. The van der Waals surface area contributed by atoms with Crippen molar-refractivity contribution < 1.29 is 14.1 Å². The smallest absolute Gasteiger partial charge is 0.257 e. The third-order valence-corrected chi connectivity index (χ3v) is 5.17. The lowest BCUT2D eigenvalue weighted by Crippen LogP contribution is -2.49. The van der Waals surface area contributed by atoms with Crippen molar-refractivity contribution in [3.63, 3.8) is 0 Å². The molecule has 0 atom stereocenters. The average Bonchev–Trinajstić information content (AvgIpc) is 3.30. The summed E-state index contributed by atoms with van der Waals surface area (Å²) in [6.45, 7) is 6.71. The lowest BCUT2D eigenvalue weighted by molar-refractivity contribution is 0.0743. The van der Waals surface area contributed by atoms with Gasteiger partial charge >= 0.3 is 0 Å². The topological polar surface area (TPSA) is 84.6 Å². The summed E-state index contributed by atoms with van der Waals surface area (Å²) >= 11 is 0. The quantitative estimate of drug-likeness (QED) is 0.642. The molecule has 1 saturated heterocycles. The fourth-order valence-electron chi connectivity index (χ4n) is 3.42. The van der Waals surface area contributed by atoms with E-state index in [0.717, 1.165) is 11.4 Å². The van der Waals surface area contributed by atoms with E-state index in [1.54, 1.807) is 19.4 Å². The molecule has 0 bridgehead atoms. The van der Waals surface area contributed by atoms with Crippen molar-refractivity contribution >= 4 is 11.7 Å². The molecule has 0 spiro atoms. The van der Waals surface area contributed by atoms with Crippen LogP contribution in [0, 0.1) is 0 Å². The Hall–Kier alpha value is -3.42. The van der Waals surface area contributed by atoms with Gasteiger partial charge in [-0.3, -0.25) is 4.79 Å². The number of amides is 1. The summed E-state index contributed by atoms with van der Waals surface area (Å²) in [6, 6.07) is 11.2. The number of carbonyl (C=O) groups excluding carboxylic acids is 1. The fourth-order valence-corrected chi connectivity index (χ4v) is 3.42. The molecule has 3 aromatic rings. The molecule has 1 aromatic carbocycles. The van der Waals surface area contributed by atoms with Gasteiger partial charge in [0.25, 0.3) is 5.91 Å². The zero-order valence-electron chi connectivity index (χ0n) is 17.4. The summed E-state index contributed by atoms with van der Waals surface area (Å²) < 4.78 is 10.6. The number of pyridine rings is 1. The van der Waals surface area contributed by atoms with Crippen LogP contribution >= 0.6 is 0 Å². The van der Waals surface area contributed by atoms with E-state index in [0.29, 0.717) is 49.2 Å². The SMILES string of the molecule is COc1ccccc1C(=O)N1CCN(c2ccc(-c3noc(C(C)C)n3)cn2)CC1. The van der Waals surface area contributed by atoms with Gasteiger partial charge < -0.3 is 19.1 Å². The van der Waals surface area contributed by atoms with Crippen molar-refractivity contribution in [2.45, 2.75) is 19.8 Å². The maximum Gasteiger partial charge on any atom is 0.257 e. The van der Waals surface area contributed by atoms with Crippen molar-refractivity contribution in [2.75, 3.05) is 38.2 Å². The van der Waals surface area contributed by atoms with Crippen LogP contribution in [0.3, 0.4) is 0 Å². The Morgan fingerprint density at radius 2 is 1.87 bits per heavy atom. The summed E-state index contributed by atoms with van der Waals surface area (Å²) in [5.41, 5.74) is 1.41. The van der Waals surface area contributed by atoms with Crippen molar-refractivity contribution in [2.24, 2.45) is 0 Å². The Morgan fingerprint density at radius 3 is 2.50 bits per heavy atom. The number of anilines is 1. The molecule has 3 heterocycles. The number of hydrogen-bond acceptors (Lipinski definition) is 7. The second-order valence-corrected chi connectivity index (χ2v) is 7.50. The van der Waals surface area contributed by atoms with Crippen molar-refractivity contribution in [1.29, 1.82) is 0 Å². The van der Waals surface area contributed by atoms with Gasteiger partial charge in [-0.05, 0) is 24.3 Å². The van der Waals surface area contributed by atoms with E-state index in [-0.39, 0.29) is 11.8 Å². The number of nitrogens with zero attached hydrogens (tertiary/aromatic N) is 5. The maximum atomic E-state index is 12.9. The Morgan fingerprint density at radius 1 is 1.10 bits per heavy atom. The average molecular weight is 407 g/mol. The normalized spacial score (nSPS) is 14.3. The Labute approximate surface area is 175 Å². The number of benzene rings is 1. The molecule has 0 radical (unpaired) electrons. The van der Waals surface area contributed by atoms with E-state index in [1.807, 2.05) is 49.1 Å². The number of ether oxygens (including phenoxy) is 1. The minimum Gasteiger partial charge on any atom is -0.496 e. The highest BCUT2D eigenvalue weighted by Gasteiger charge is 2.24. The monoisotopic (exact) mass is 407 g/mol.